The van der Waals surface area contributed by atoms with Crippen LogP contribution in [0.25, 0.3) is 0 Å². The highest BCUT2D eigenvalue weighted by Crippen LogP contribution is 2.30. The van der Waals surface area contributed by atoms with Crippen LogP contribution in [0.2, 0.25) is 0 Å². The lowest BCUT2D eigenvalue weighted by atomic mass is 9.83. The average Bonchev–Trinajstić information content (AvgIpc) is 2.31. The third-order valence-electron chi connectivity index (χ3n) is 3.44. The van der Waals surface area contributed by atoms with Gasteiger partial charge in [0.2, 0.25) is 0 Å². The second-order valence-corrected chi connectivity index (χ2v) is 6.61. The van der Waals surface area contributed by atoms with E-state index in [0.29, 0.717) is 5.92 Å². The fourth-order valence-corrected chi connectivity index (χ4v) is 1.85. The highest BCUT2D eigenvalue weighted by atomic mass is 14.2. The number of hydrogen-bond acceptors (Lipinski definition) is 0. The maximum atomic E-state index is 3.95. The van der Waals surface area contributed by atoms with Crippen LogP contribution in [0.4, 0.5) is 0 Å². The van der Waals surface area contributed by atoms with E-state index in [1.165, 1.54) is 19.3 Å². The molecule has 0 rings (SSSR count). The van der Waals surface area contributed by atoms with Crippen molar-refractivity contribution in [3.63, 3.8) is 0 Å². The molecule has 0 heteroatoms. The van der Waals surface area contributed by atoms with Gasteiger partial charge in [0.1, 0.15) is 0 Å². The maximum Gasteiger partial charge on any atom is -0.0140 e. The lowest BCUT2D eigenvalue weighted by Crippen LogP contribution is -2.09. The van der Waals surface area contributed by atoms with E-state index in [0.717, 1.165) is 12.3 Å². The zero-order valence-electron chi connectivity index (χ0n) is 13.1. The molecule has 0 aliphatic heterocycles. The fourth-order valence-electron chi connectivity index (χ4n) is 1.85. The van der Waals surface area contributed by atoms with E-state index in [-0.39, 0.29) is 5.41 Å². The molecule has 0 fully saturated rings. The molecule has 104 valence electrons. The van der Waals surface area contributed by atoms with Gasteiger partial charge < -0.3 is 0 Å². The lowest BCUT2D eigenvalue weighted by molar-refractivity contribution is 0.460. The summed E-state index contributed by atoms with van der Waals surface area (Å²) in [7, 11) is 0. The first-order valence-electron chi connectivity index (χ1n) is 7.24. The highest BCUT2D eigenvalue weighted by molar-refractivity contribution is 5.09. The Hall–Kier alpha value is -0.780. The van der Waals surface area contributed by atoms with E-state index in [1.807, 2.05) is 0 Å². The molecule has 0 radical (unpaired) electrons. The second kappa shape index (κ2) is 8.34. The van der Waals surface area contributed by atoms with Crippen LogP contribution in [0, 0.1) is 17.3 Å². The van der Waals surface area contributed by atoms with Crippen LogP contribution in [0.3, 0.4) is 0 Å². The Morgan fingerprint density at radius 2 is 1.78 bits per heavy atom. The van der Waals surface area contributed by atoms with Crippen LogP contribution in [0.1, 0.15) is 60.3 Å². The normalized spacial score (nSPS) is 14.7. The Morgan fingerprint density at radius 1 is 1.17 bits per heavy atom. The van der Waals surface area contributed by atoms with Gasteiger partial charge >= 0.3 is 0 Å². The van der Waals surface area contributed by atoms with Crippen molar-refractivity contribution in [1.82, 2.24) is 0 Å². The van der Waals surface area contributed by atoms with Gasteiger partial charge in [-0.05, 0) is 42.9 Å². The van der Waals surface area contributed by atoms with Crippen LogP contribution in [0.5, 0.6) is 0 Å². The summed E-state index contributed by atoms with van der Waals surface area (Å²) in [5.74, 6) is 1.35. The molecular formula is C18H32. The molecule has 0 spiro atoms. The molecule has 0 aromatic carbocycles. The van der Waals surface area contributed by atoms with Crippen LogP contribution in [-0.4, -0.2) is 0 Å². The Morgan fingerprint density at radius 3 is 2.22 bits per heavy atom. The SMILES string of the molecule is C=CC(C)CCC(=CCC(C)C)CC(C)(C)C=C. The highest BCUT2D eigenvalue weighted by Gasteiger charge is 2.15. The number of allylic oxidation sites excluding steroid dienone is 4. The first-order chi connectivity index (χ1) is 8.30. The van der Waals surface area contributed by atoms with E-state index in [4.69, 9.17) is 0 Å². The van der Waals surface area contributed by atoms with Gasteiger partial charge in [0.05, 0.1) is 0 Å². The predicted octanol–water partition coefficient (Wildman–Crippen LogP) is 6.16. The quantitative estimate of drug-likeness (QED) is 0.428. The Kier molecular flexibility index (Phi) is 7.98. The van der Waals surface area contributed by atoms with Crippen molar-refractivity contribution in [2.45, 2.75) is 60.3 Å². The molecule has 0 amide bonds. The molecule has 0 heterocycles. The first kappa shape index (κ1) is 17.2. The first-order valence-corrected chi connectivity index (χ1v) is 7.24. The van der Waals surface area contributed by atoms with Crippen molar-refractivity contribution in [1.29, 1.82) is 0 Å². The third kappa shape index (κ3) is 8.33. The third-order valence-corrected chi connectivity index (χ3v) is 3.44. The van der Waals surface area contributed by atoms with Gasteiger partial charge in [0.25, 0.3) is 0 Å². The smallest absolute Gasteiger partial charge is 0.0140 e. The van der Waals surface area contributed by atoms with Crippen LogP contribution < -0.4 is 0 Å². The van der Waals surface area contributed by atoms with Crippen LogP contribution >= 0.6 is 0 Å². The van der Waals surface area contributed by atoms with Gasteiger partial charge in [-0.15, -0.1) is 13.2 Å². The molecular weight excluding hydrogens is 216 g/mol. The number of hydrogen-bond donors (Lipinski definition) is 0. The summed E-state index contributed by atoms with van der Waals surface area (Å²) >= 11 is 0. The second-order valence-electron chi connectivity index (χ2n) is 6.61. The zero-order chi connectivity index (χ0) is 14.2. The van der Waals surface area contributed by atoms with Crippen LogP contribution in [0.15, 0.2) is 37.0 Å². The predicted molar refractivity (Wildman–Crippen MR) is 84.7 cm³/mol. The van der Waals surface area contributed by atoms with Crippen molar-refractivity contribution in [3.05, 3.63) is 37.0 Å². The Labute approximate surface area is 115 Å². The molecule has 0 nitrogen and oxygen atoms in total. The molecule has 0 saturated heterocycles. The van der Waals surface area contributed by atoms with E-state index in [1.54, 1.807) is 5.57 Å². The summed E-state index contributed by atoms with van der Waals surface area (Å²) < 4.78 is 0. The summed E-state index contributed by atoms with van der Waals surface area (Å²) in [6.07, 6.45) is 11.3. The summed E-state index contributed by atoms with van der Waals surface area (Å²) in [6, 6.07) is 0. The summed E-state index contributed by atoms with van der Waals surface area (Å²) in [6.45, 7) is 19.1. The van der Waals surface area contributed by atoms with E-state index < -0.39 is 0 Å². The molecule has 0 saturated carbocycles. The van der Waals surface area contributed by atoms with Gasteiger partial charge in [-0.1, -0.05) is 58.4 Å². The molecule has 0 N–H and O–H groups in total. The minimum absolute atomic E-state index is 0.209. The average molecular weight is 248 g/mol. The zero-order valence-corrected chi connectivity index (χ0v) is 13.1. The topological polar surface area (TPSA) is 0 Å². The van der Waals surface area contributed by atoms with Gasteiger partial charge in [-0.3, -0.25) is 0 Å². The molecule has 0 aliphatic carbocycles. The van der Waals surface area contributed by atoms with Crippen molar-refractivity contribution < 1.29 is 0 Å². The molecule has 0 aromatic heterocycles. The van der Waals surface area contributed by atoms with Crippen molar-refractivity contribution in [2.24, 2.45) is 17.3 Å². The fraction of sp³-hybridized carbons (Fsp3) is 0.667. The van der Waals surface area contributed by atoms with E-state index >= 15 is 0 Å². The minimum atomic E-state index is 0.209. The Balaban J connectivity index is 4.57. The van der Waals surface area contributed by atoms with Gasteiger partial charge in [0.15, 0.2) is 0 Å². The molecule has 0 aromatic rings. The number of rotatable bonds is 9. The van der Waals surface area contributed by atoms with Crippen molar-refractivity contribution >= 4 is 0 Å². The lowest BCUT2D eigenvalue weighted by Gasteiger charge is -2.22. The van der Waals surface area contributed by atoms with E-state index in [2.05, 4.69) is 66.0 Å². The summed E-state index contributed by atoms with van der Waals surface area (Å²) in [4.78, 5) is 0. The maximum absolute atomic E-state index is 3.95. The molecule has 0 bridgehead atoms. The van der Waals surface area contributed by atoms with Gasteiger partial charge in [-0.2, -0.15) is 0 Å². The van der Waals surface area contributed by atoms with Crippen LogP contribution in [-0.2, 0) is 0 Å². The van der Waals surface area contributed by atoms with Crippen molar-refractivity contribution in [3.8, 4) is 0 Å². The van der Waals surface area contributed by atoms with Crippen molar-refractivity contribution in [2.75, 3.05) is 0 Å². The van der Waals surface area contributed by atoms with Gasteiger partial charge in [-0.25, -0.2) is 0 Å². The minimum Gasteiger partial charge on any atom is -0.103 e. The monoisotopic (exact) mass is 248 g/mol. The molecule has 1 atom stereocenters. The molecule has 0 aliphatic rings. The largest absolute Gasteiger partial charge is 0.103 e. The standard InChI is InChI=1S/C18H32/c1-8-16(5)11-13-17(12-10-15(3)4)14-18(6,7)9-2/h8-9,12,15-16H,1-2,10-11,13-14H2,3-7H3. The summed E-state index contributed by atoms with van der Waals surface area (Å²) in [5.41, 5.74) is 1.79. The summed E-state index contributed by atoms with van der Waals surface area (Å²) in [5, 5.41) is 0. The Bertz CT molecular complexity index is 278. The molecule has 1 unspecified atom stereocenters. The van der Waals surface area contributed by atoms with Gasteiger partial charge in [0, 0.05) is 0 Å². The molecule has 18 heavy (non-hydrogen) atoms. The van der Waals surface area contributed by atoms with E-state index in [9.17, 15) is 0 Å².